The van der Waals surface area contributed by atoms with Crippen molar-refractivity contribution < 1.29 is 9.53 Å². The molecular formula is C26H24N4O2S. The summed E-state index contributed by atoms with van der Waals surface area (Å²) in [5.41, 5.74) is 3.80. The zero-order valence-corrected chi connectivity index (χ0v) is 18.9. The topological polar surface area (TPSA) is 67.4 Å². The van der Waals surface area contributed by atoms with Crippen molar-refractivity contribution in [2.75, 3.05) is 42.3 Å². The molecule has 1 aromatic heterocycles. The van der Waals surface area contributed by atoms with Crippen LogP contribution in [0.25, 0.3) is 22.0 Å². The van der Waals surface area contributed by atoms with Crippen molar-refractivity contribution in [1.29, 1.82) is 0 Å². The molecule has 1 amide bonds. The summed E-state index contributed by atoms with van der Waals surface area (Å²) < 4.78 is 5.41. The largest absolute Gasteiger partial charge is 0.378 e. The van der Waals surface area contributed by atoms with Gasteiger partial charge in [0.15, 0.2) is 0 Å². The van der Waals surface area contributed by atoms with Crippen molar-refractivity contribution in [2.24, 2.45) is 0 Å². The number of morpholine rings is 1. The van der Waals surface area contributed by atoms with Crippen LogP contribution in [-0.2, 0) is 9.53 Å². The Morgan fingerprint density at radius 1 is 0.879 bits per heavy atom. The second-order valence-corrected chi connectivity index (χ2v) is 8.71. The second-order valence-electron chi connectivity index (χ2n) is 7.75. The van der Waals surface area contributed by atoms with Gasteiger partial charge in [-0.3, -0.25) is 4.79 Å². The van der Waals surface area contributed by atoms with Crippen LogP contribution in [0.4, 0.5) is 11.4 Å². The standard InChI is InChI=1S/C26H24N4O2S/c31-24(27-20-10-12-21(13-11-20)30-14-16-32-17-15-30)18-33-26-23-9-5-4-8-22(23)25(28-29-26)19-6-2-1-3-7-19/h1-13H,14-18H2,(H,27,31). The summed E-state index contributed by atoms with van der Waals surface area (Å²) in [6.07, 6.45) is 0. The molecule has 7 heteroatoms. The number of benzene rings is 3. The number of carbonyl (C=O) groups excluding carboxylic acids is 1. The first-order valence-electron chi connectivity index (χ1n) is 10.9. The highest BCUT2D eigenvalue weighted by atomic mass is 32.2. The van der Waals surface area contributed by atoms with Gasteiger partial charge in [0.25, 0.3) is 0 Å². The van der Waals surface area contributed by atoms with E-state index in [0.717, 1.165) is 64.7 Å². The molecule has 1 saturated heterocycles. The molecule has 5 rings (SSSR count). The number of amides is 1. The zero-order valence-electron chi connectivity index (χ0n) is 18.1. The van der Waals surface area contributed by atoms with Crippen LogP contribution >= 0.6 is 11.8 Å². The highest BCUT2D eigenvalue weighted by Crippen LogP contribution is 2.31. The maximum absolute atomic E-state index is 12.6. The Labute approximate surface area is 197 Å². The molecule has 1 N–H and O–H groups in total. The van der Waals surface area contributed by atoms with Gasteiger partial charge in [0.05, 0.1) is 19.0 Å². The van der Waals surface area contributed by atoms with Crippen molar-refractivity contribution in [3.05, 3.63) is 78.9 Å². The van der Waals surface area contributed by atoms with Crippen LogP contribution < -0.4 is 10.2 Å². The van der Waals surface area contributed by atoms with Crippen molar-refractivity contribution in [1.82, 2.24) is 10.2 Å². The number of ether oxygens (including phenoxy) is 1. The van der Waals surface area contributed by atoms with Gasteiger partial charge >= 0.3 is 0 Å². The monoisotopic (exact) mass is 456 g/mol. The Balaban J connectivity index is 1.26. The molecular weight excluding hydrogens is 432 g/mol. The Morgan fingerprint density at radius 2 is 1.58 bits per heavy atom. The SMILES string of the molecule is O=C(CSc1nnc(-c2ccccc2)c2ccccc12)Nc1ccc(N2CCOCC2)cc1. The molecule has 2 heterocycles. The number of fused-ring (bicyclic) bond motifs is 1. The van der Waals surface area contributed by atoms with Gasteiger partial charge in [0.1, 0.15) is 10.7 Å². The molecule has 0 saturated carbocycles. The Kier molecular flexibility index (Phi) is 6.51. The van der Waals surface area contributed by atoms with Crippen molar-refractivity contribution in [3.8, 4) is 11.3 Å². The minimum Gasteiger partial charge on any atom is -0.378 e. The predicted molar refractivity (Wildman–Crippen MR) is 134 cm³/mol. The van der Waals surface area contributed by atoms with Gasteiger partial charge in [0.2, 0.25) is 5.91 Å². The highest BCUT2D eigenvalue weighted by molar-refractivity contribution is 8.00. The summed E-state index contributed by atoms with van der Waals surface area (Å²) >= 11 is 1.40. The average molecular weight is 457 g/mol. The molecule has 3 aromatic carbocycles. The Bertz CT molecular complexity index is 1240. The summed E-state index contributed by atoms with van der Waals surface area (Å²) in [6, 6.07) is 26.0. The number of hydrogen-bond donors (Lipinski definition) is 1. The number of carbonyl (C=O) groups is 1. The smallest absolute Gasteiger partial charge is 0.234 e. The molecule has 4 aromatic rings. The fraction of sp³-hybridized carbons (Fsp3) is 0.192. The van der Waals surface area contributed by atoms with E-state index in [4.69, 9.17) is 4.74 Å². The van der Waals surface area contributed by atoms with Gasteiger partial charge in [-0.2, -0.15) is 0 Å². The molecule has 0 unspecified atom stereocenters. The lowest BCUT2D eigenvalue weighted by Gasteiger charge is -2.28. The third kappa shape index (κ3) is 4.99. The van der Waals surface area contributed by atoms with Gasteiger partial charge in [-0.25, -0.2) is 0 Å². The van der Waals surface area contributed by atoms with E-state index in [1.165, 1.54) is 11.8 Å². The van der Waals surface area contributed by atoms with Crippen LogP contribution in [0.5, 0.6) is 0 Å². The normalized spacial score (nSPS) is 13.8. The Morgan fingerprint density at radius 3 is 2.33 bits per heavy atom. The number of nitrogens with one attached hydrogen (secondary N) is 1. The van der Waals surface area contributed by atoms with Gasteiger partial charge < -0.3 is 15.0 Å². The molecule has 166 valence electrons. The van der Waals surface area contributed by atoms with Crippen molar-refractivity contribution in [2.45, 2.75) is 5.03 Å². The summed E-state index contributed by atoms with van der Waals surface area (Å²) in [4.78, 5) is 14.9. The van der Waals surface area contributed by atoms with Gasteiger partial charge in [-0.1, -0.05) is 66.4 Å². The number of nitrogens with zero attached hydrogens (tertiary/aromatic N) is 3. The quantitative estimate of drug-likeness (QED) is 0.418. The molecule has 1 aliphatic heterocycles. The van der Waals surface area contributed by atoms with Crippen LogP contribution in [0.15, 0.2) is 83.9 Å². The van der Waals surface area contributed by atoms with E-state index >= 15 is 0 Å². The van der Waals surface area contributed by atoms with Crippen molar-refractivity contribution in [3.63, 3.8) is 0 Å². The number of thioether (sulfide) groups is 1. The number of rotatable bonds is 6. The number of anilines is 2. The van der Waals surface area contributed by atoms with E-state index in [0.29, 0.717) is 0 Å². The fourth-order valence-electron chi connectivity index (χ4n) is 3.90. The summed E-state index contributed by atoms with van der Waals surface area (Å²) in [7, 11) is 0. The minimum absolute atomic E-state index is 0.0721. The van der Waals surface area contributed by atoms with Gasteiger partial charge in [-0.15, -0.1) is 10.2 Å². The van der Waals surface area contributed by atoms with Crippen LogP contribution in [0, 0.1) is 0 Å². The highest BCUT2D eigenvalue weighted by Gasteiger charge is 2.14. The molecule has 0 spiro atoms. The lowest BCUT2D eigenvalue weighted by molar-refractivity contribution is -0.113. The Hall–Kier alpha value is -3.42. The molecule has 1 aliphatic rings. The van der Waals surface area contributed by atoms with E-state index in [-0.39, 0.29) is 11.7 Å². The maximum atomic E-state index is 12.6. The van der Waals surface area contributed by atoms with E-state index in [1.54, 1.807) is 0 Å². The lowest BCUT2D eigenvalue weighted by atomic mass is 10.1. The third-order valence-electron chi connectivity index (χ3n) is 5.57. The van der Waals surface area contributed by atoms with E-state index in [1.807, 2.05) is 78.9 Å². The first kappa shape index (κ1) is 21.4. The van der Waals surface area contributed by atoms with E-state index in [2.05, 4.69) is 20.4 Å². The van der Waals surface area contributed by atoms with Crippen molar-refractivity contribution >= 4 is 39.8 Å². The van der Waals surface area contributed by atoms with E-state index in [9.17, 15) is 4.79 Å². The number of hydrogen-bond acceptors (Lipinski definition) is 6. The van der Waals surface area contributed by atoms with Crippen LogP contribution in [-0.4, -0.2) is 48.2 Å². The lowest BCUT2D eigenvalue weighted by Crippen LogP contribution is -2.36. The molecule has 33 heavy (non-hydrogen) atoms. The number of aromatic nitrogens is 2. The second kappa shape index (κ2) is 10.0. The average Bonchev–Trinajstić information content (AvgIpc) is 2.89. The summed E-state index contributed by atoms with van der Waals surface area (Å²) in [5.74, 6) is 0.186. The summed E-state index contributed by atoms with van der Waals surface area (Å²) in [6.45, 7) is 3.28. The molecule has 6 nitrogen and oxygen atoms in total. The van der Waals surface area contributed by atoms with Gasteiger partial charge in [-0.05, 0) is 24.3 Å². The molecule has 0 bridgehead atoms. The molecule has 0 radical (unpaired) electrons. The first-order chi connectivity index (χ1) is 16.3. The predicted octanol–water partition coefficient (Wildman–Crippen LogP) is 4.86. The minimum atomic E-state index is -0.0721. The first-order valence-corrected chi connectivity index (χ1v) is 11.9. The molecule has 0 atom stereocenters. The van der Waals surface area contributed by atoms with E-state index < -0.39 is 0 Å². The fourth-order valence-corrected chi connectivity index (χ4v) is 4.68. The molecule has 1 fully saturated rings. The summed E-state index contributed by atoms with van der Waals surface area (Å²) in [5, 5.41) is 14.7. The zero-order chi connectivity index (χ0) is 22.5. The van der Waals surface area contributed by atoms with Gasteiger partial charge in [0, 0.05) is 40.8 Å². The van der Waals surface area contributed by atoms with Crippen LogP contribution in [0.1, 0.15) is 0 Å². The maximum Gasteiger partial charge on any atom is 0.234 e. The van der Waals surface area contributed by atoms with Crippen LogP contribution in [0.3, 0.4) is 0 Å². The third-order valence-corrected chi connectivity index (χ3v) is 6.55. The van der Waals surface area contributed by atoms with Crippen LogP contribution in [0.2, 0.25) is 0 Å². The molecule has 0 aliphatic carbocycles.